The summed E-state index contributed by atoms with van der Waals surface area (Å²) < 4.78 is 34.3. The SMILES string of the molecule is Cc1ccc(C(=O)NC2CC2)cc1-n1c(C)cc(OCc2ccc(F)cc2F)c(Br)c1=O. The van der Waals surface area contributed by atoms with E-state index < -0.39 is 11.6 Å². The van der Waals surface area contributed by atoms with E-state index in [1.165, 1.54) is 10.6 Å². The smallest absolute Gasteiger partial charge is 0.273 e. The summed E-state index contributed by atoms with van der Waals surface area (Å²) in [6, 6.07) is 10.4. The van der Waals surface area contributed by atoms with E-state index in [0.717, 1.165) is 30.5 Å². The normalized spacial score (nSPS) is 13.2. The van der Waals surface area contributed by atoms with Crippen molar-refractivity contribution in [1.82, 2.24) is 9.88 Å². The first-order chi connectivity index (χ1) is 15.2. The predicted molar refractivity (Wildman–Crippen MR) is 120 cm³/mol. The van der Waals surface area contributed by atoms with Gasteiger partial charge in [-0.3, -0.25) is 14.2 Å². The maximum Gasteiger partial charge on any atom is 0.273 e. The van der Waals surface area contributed by atoms with Crippen LogP contribution in [0.3, 0.4) is 0 Å². The molecule has 0 spiro atoms. The molecule has 1 aliphatic rings. The number of benzene rings is 2. The molecule has 1 fully saturated rings. The highest BCUT2D eigenvalue weighted by molar-refractivity contribution is 9.10. The number of ether oxygens (including phenoxy) is 1. The Labute approximate surface area is 192 Å². The Bertz CT molecular complexity index is 1270. The van der Waals surface area contributed by atoms with E-state index in [0.29, 0.717) is 16.9 Å². The maximum absolute atomic E-state index is 13.9. The highest BCUT2D eigenvalue weighted by Crippen LogP contribution is 2.27. The van der Waals surface area contributed by atoms with Gasteiger partial charge in [0.05, 0.1) is 5.69 Å². The fourth-order valence-electron chi connectivity index (χ4n) is 3.37. The number of pyridine rings is 1. The van der Waals surface area contributed by atoms with Gasteiger partial charge in [0.1, 0.15) is 28.5 Å². The first-order valence-corrected chi connectivity index (χ1v) is 10.9. The Kier molecular flexibility index (Phi) is 6.15. The molecule has 4 rings (SSSR count). The zero-order valence-corrected chi connectivity index (χ0v) is 19.1. The number of hydrogen-bond acceptors (Lipinski definition) is 3. The van der Waals surface area contributed by atoms with Crippen molar-refractivity contribution in [3.05, 3.63) is 91.3 Å². The second-order valence-electron chi connectivity index (χ2n) is 7.88. The predicted octanol–water partition coefficient (Wildman–Crippen LogP) is 4.97. The lowest BCUT2D eigenvalue weighted by atomic mass is 10.1. The summed E-state index contributed by atoms with van der Waals surface area (Å²) in [6.45, 7) is 3.44. The molecule has 8 heteroatoms. The third-order valence-electron chi connectivity index (χ3n) is 5.32. The molecule has 0 bridgehead atoms. The Morgan fingerprint density at radius 3 is 2.59 bits per heavy atom. The van der Waals surface area contributed by atoms with Gasteiger partial charge < -0.3 is 10.1 Å². The van der Waals surface area contributed by atoms with E-state index in [1.807, 2.05) is 6.92 Å². The van der Waals surface area contributed by atoms with Gasteiger partial charge in [-0.25, -0.2) is 8.78 Å². The van der Waals surface area contributed by atoms with Crippen LogP contribution in [0.5, 0.6) is 5.75 Å². The number of amides is 1. The summed E-state index contributed by atoms with van der Waals surface area (Å²) >= 11 is 3.29. The molecule has 0 radical (unpaired) electrons. The molecule has 0 aliphatic heterocycles. The molecule has 166 valence electrons. The lowest BCUT2D eigenvalue weighted by Gasteiger charge is -2.17. The van der Waals surface area contributed by atoms with E-state index in [2.05, 4.69) is 21.2 Å². The average molecular weight is 503 g/mol. The van der Waals surface area contributed by atoms with Crippen molar-refractivity contribution < 1.29 is 18.3 Å². The molecular formula is C24H21BrF2N2O3. The molecule has 1 aromatic heterocycles. The first-order valence-electron chi connectivity index (χ1n) is 10.2. The van der Waals surface area contributed by atoms with Crippen LogP contribution in [-0.4, -0.2) is 16.5 Å². The number of halogens is 3. The number of nitrogens with zero attached hydrogens (tertiary/aromatic N) is 1. The lowest BCUT2D eigenvalue weighted by molar-refractivity contribution is 0.0951. The Morgan fingerprint density at radius 2 is 1.91 bits per heavy atom. The van der Waals surface area contributed by atoms with Crippen LogP contribution in [0.1, 0.15) is 40.0 Å². The summed E-state index contributed by atoms with van der Waals surface area (Å²) in [5.74, 6) is -1.31. The standard InChI is InChI=1S/C24H21BrF2N2O3/c1-13-3-4-15(23(30)28-18-7-8-18)10-20(13)29-14(2)9-21(22(25)24(29)31)32-12-16-5-6-17(26)11-19(16)27/h3-6,9-11,18H,7-8,12H2,1-2H3,(H,28,30). The molecule has 5 nitrogen and oxygen atoms in total. The minimum absolute atomic E-state index is 0.163. The Morgan fingerprint density at radius 1 is 1.16 bits per heavy atom. The number of nitrogens with one attached hydrogen (secondary N) is 1. The molecule has 3 aromatic rings. The molecule has 32 heavy (non-hydrogen) atoms. The highest BCUT2D eigenvalue weighted by atomic mass is 79.9. The molecule has 1 amide bonds. The lowest BCUT2D eigenvalue weighted by Crippen LogP contribution is -2.26. The summed E-state index contributed by atoms with van der Waals surface area (Å²) in [7, 11) is 0. The zero-order chi connectivity index (χ0) is 23.0. The van der Waals surface area contributed by atoms with E-state index in [1.54, 1.807) is 31.2 Å². The number of carbonyl (C=O) groups excluding carboxylic acids is 1. The second kappa shape index (κ2) is 8.86. The van der Waals surface area contributed by atoms with Crippen LogP contribution in [0.4, 0.5) is 8.78 Å². The average Bonchev–Trinajstić information content (AvgIpc) is 3.56. The monoisotopic (exact) mass is 502 g/mol. The van der Waals surface area contributed by atoms with Crippen molar-refractivity contribution in [1.29, 1.82) is 0 Å². The van der Waals surface area contributed by atoms with Crippen LogP contribution >= 0.6 is 15.9 Å². The van der Waals surface area contributed by atoms with Gasteiger partial charge >= 0.3 is 0 Å². The number of hydrogen-bond donors (Lipinski definition) is 1. The van der Waals surface area contributed by atoms with E-state index >= 15 is 0 Å². The first kappa shape index (κ1) is 22.2. The third-order valence-corrected chi connectivity index (χ3v) is 6.05. The molecular weight excluding hydrogens is 482 g/mol. The fraction of sp³-hybridized carbons (Fsp3) is 0.250. The van der Waals surface area contributed by atoms with Gasteiger partial charge in [0.15, 0.2) is 0 Å². The number of aryl methyl sites for hydroxylation is 2. The molecule has 1 N–H and O–H groups in total. The third kappa shape index (κ3) is 4.60. The van der Waals surface area contributed by atoms with Gasteiger partial charge in [-0.1, -0.05) is 6.07 Å². The van der Waals surface area contributed by atoms with Crippen LogP contribution in [0.15, 0.2) is 51.7 Å². The Hall–Kier alpha value is -3.00. The maximum atomic E-state index is 13.9. The van der Waals surface area contributed by atoms with E-state index in [9.17, 15) is 18.4 Å². The van der Waals surface area contributed by atoms with Crippen molar-refractivity contribution in [2.24, 2.45) is 0 Å². The van der Waals surface area contributed by atoms with Crippen LogP contribution in [-0.2, 0) is 6.61 Å². The summed E-state index contributed by atoms with van der Waals surface area (Å²) in [6.07, 6.45) is 1.97. The van der Waals surface area contributed by atoms with Gasteiger partial charge in [-0.05, 0) is 72.4 Å². The number of rotatable bonds is 6. The summed E-state index contributed by atoms with van der Waals surface area (Å²) in [4.78, 5) is 25.6. The van der Waals surface area contributed by atoms with Gasteiger partial charge in [-0.2, -0.15) is 0 Å². The van der Waals surface area contributed by atoms with Crippen molar-refractivity contribution in [3.8, 4) is 11.4 Å². The van der Waals surface area contributed by atoms with Gasteiger partial charge in [-0.15, -0.1) is 0 Å². The topological polar surface area (TPSA) is 60.3 Å². The minimum Gasteiger partial charge on any atom is -0.487 e. The molecule has 0 unspecified atom stereocenters. The number of aromatic nitrogens is 1. The minimum atomic E-state index is -0.719. The van der Waals surface area contributed by atoms with Crippen LogP contribution in [0, 0.1) is 25.5 Å². The summed E-state index contributed by atoms with van der Waals surface area (Å²) in [5.41, 5.74) is 2.27. The van der Waals surface area contributed by atoms with Crippen molar-refractivity contribution in [3.63, 3.8) is 0 Å². The van der Waals surface area contributed by atoms with Crippen LogP contribution < -0.4 is 15.6 Å². The molecule has 0 saturated heterocycles. The Balaban J connectivity index is 1.65. The largest absolute Gasteiger partial charge is 0.487 e. The molecule has 1 heterocycles. The second-order valence-corrected chi connectivity index (χ2v) is 8.67. The van der Waals surface area contributed by atoms with Gasteiger partial charge in [0, 0.05) is 35.0 Å². The van der Waals surface area contributed by atoms with Gasteiger partial charge in [0.2, 0.25) is 0 Å². The number of carbonyl (C=O) groups is 1. The van der Waals surface area contributed by atoms with E-state index in [-0.39, 0.29) is 39.9 Å². The van der Waals surface area contributed by atoms with E-state index in [4.69, 9.17) is 4.74 Å². The molecule has 0 atom stereocenters. The molecule has 2 aromatic carbocycles. The van der Waals surface area contributed by atoms with Crippen molar-refractivity contribution in [2.75, 3.05) is 0 Å². The highest BCUT2D eigenvalue weighted by Gasteiger charge is 2.24. The van der Waals surface area contributed by atoms with Gasteiger partial charge in [0.25, 0.3) is 11.5 Å². The molecule has 1 saturated carbocycles. The zero-order valence-electron chi connectivity index (χ0n) is 17.5. The van der Waals surface area contributed by atoms with Crippen LogP contribution in [0.2, 0.25) is 0 Å². The fourth-order valence-corrected chi connectivity index (χ4v) is 3.77. The van der Waals surface area contributed by atoms with Crippen molar-refractivity contribution in [2.45, 2.75) is 39.3 Å². The molecule has 1 aliphatic carbocycles. The quantitative estimate of drug-likeness (QED) is 0.517. The summed E-state index contributed by atoms with van der Waals surface area (Å²) in [5, 5.41) is 2.95. The van der Waals surface area contributed by atoms with Crippen molar-refractivity contribution >= 4 is 21.8 Å². The van der Waals surface area contributed by atoms with Crippen LogP contribution in [0.25, 0.3) is 5.69 Å².